The number of benzene rings is 1. The van der Waals surface area contributed by atoms with Gasteiger partial charge in [-0.2, -0.15) is 18.3 Å². The van der Waals surface area contributed by atoms with E-state index < -0.39 is 23.3 Å². The summed E-state index contributed by atoms with van der Waals surface area (Å²) in [6.45, 7) is 6.69. The average molecular weight is 476 g/mol. The van der Waals surface area contributed by atoms with Gasteiger partial charge < -0.3 is 14.6 Å². The molecule has 0 radical (unpaired) electrons. The molecular weight excluding hydrogens is 449 g/mol. The molecule has 2 aromatic heterocycles. The summed E-state index contributed by atoms with van der Waals surface area (Å²) in [5.74, 6) is 0.248. The van der Waals surface area contributed by atoms with Crippen molar-refractivity contribution in [2.75, 3.05) is 5.32 Å². The molecule has 0 amide bonds. The van der Waals surface area contributed by atoms with Crippen molar-refractivity contribution in [3.8, 4) is 5.75 Å². The number of nitrogens with zero attached hydrogens (tertiary/aromatic N) is 3. The van der Waals surface area contributed by atoms with E-state index in [1.807, 2.05) is 0 Å². The van der Waals surface area contributed by atoms with Crippen LogP contribution in [0, 0.1) is 6.92 Å². The Bertz CT molecular complexity index is 1370. The fourth-order valence-corrected chi connectivity index (χ4v) is 4.20. The second kappa shape index (κ2) is 8.48. The summed E-state index contributed by atoms with van der Waals surface area (Å²) in [7, 11) is 1.46. The Balaban J connectivity index is 1.89. The number of aryl methyl sites for hydroxylation is 1. The summed E-state index contributed by atoms with van der Waals surface area (Å²) >= 11 is 0. The number of rotatable bonds is 6. The van der Waals surface area contributed by atoms with Crippen molar-refractivity contribution in [1.29, 1.82) is 0 Å². The first kappa shape index (κ1) is 23.8. The number of hydrogen-bond acceptors (Lipinski definition) is 5. The zero-order valence-electron chi connectivity index (χ0n) is 19.7. The molecular formula is C24H27F3N4O3. The van der Waals surface area contributed by atoms with Crippen molar-refractivity contribution in [1.82, 2.24) is 14.3 Å². The van der Waals surface area contributed by atoms with E-state index in [4.69, 9.17) is 4.74 Å². The van der Waals surface area contributed by atoms with Crippen LogP contribution in [0.2, 0.25) is 0 Å². The molecule has 0 spiro atoms. The van der Waals surface area contributed by atoms with Crippen LogP contribution in [0.5, 0.6) is 5.75 Å². The van der Waals surface area contributed by atoms with Crippen molar-refractivity contribution < 1.29 is 17.9 Å². The quantitative estimate of drug-likeness (QED) is 0.557. The molecule has 4 rings (SSSR count). The van der Waals surface area contributed by atoms with Crippen LogP contribution in [0.25, 0.3) is 10.8 Å². The van der Waals surface area contributed by atoms with Crippen LogP contribution in [-0.4, -0.2) is 20.5 Å². The Hall–Kier alpha value is -3.30. The Morgan fingerprint density at radius 1 is 1.15 bits per heavy atom. The summed E-state index contributed by atoms with van der Waals surface area (Å²) in [5, 5.41) is 8.00. The SMILES string of the molecule is Cc1c([C@@H](C)Nc2nn(C)c(=O)c3c(OC(C)C)c(=O)n(C4CC4)cc23)cccc1C(F)(F)F. The normalized spacial score (nSPS) is 15.1. The van der Waals surface area contributed by atoms with Crippen LogP contribution in [0.4, 0.5) is 19.0 Å². The summed E-state index contributed by atoms with van der Waals surface area (Å²) in [6.07, 6.45) is -1.52. The zero-order chi connectivity index (χ0) is 24.9. The second-order valence-electron chi connectivity index (χ2n) is 9.02. The Morgan fingerprint density at radius 2 is 1.82 bits per heavy atom. The number of anilines is 1. The van der Waals surface area contributed by atoms with Gasteiger partial charge in [0.15, 0.2) is 11.6 Å². The van der Waals surface area contributed by atoms with Gasteiger partial charge in [0.1, 0.15) is 5.39 Å². The molecule has 0 bridgehead atoms. The van der Waals surface area contributed by atoms with Crippen molar-refractivity contribution in [2.45, 2.75) is 64.9 Å². The average Bonchev–Trinajstić information content (AvgIpc) is 3.57. The molecule has 34 heavy (non-hydrogen) atoms. The van der Waals surface area contributed by atoms with Crippen LogP contribution in [0.3, 0.4) is 0 Å². The van der Waals surface area contributed by atoms with Crippen molar-refractivity contribution in [3.05, 3.63) is 61.8 Å². The van der Waals surface area contributed by atoms with Gasteiger partial charge in [-0.05, 0) is 57.7 Å². The van der Waals surface area contributed by atoms with Crippen LogP contribution in [-0.2, 0) is 13.2 Å². The molecule has 10 heteroatoms. The summed E-state index contributed by atoms with van der Waals surface area (Å²) < 4.78 is 48.7. The van der Waals surface area contributed by atoms with E-state index in [1.165, 1.54) is 20.0 Å². The van der Waals surface area contributed by atoms with Crippen LogP contribution < -0.4 is 21.2 Å². The van der Waals surface area contributed by atoms with E-state index in [0.29, 0.717) is 10.9 Å². The highest BCUT2D eigenvalue weighted by molar-refractivity contribution is 5.94. The lowest BCUT2D eigenvalue weighted by Gasteiger charge is -2.22. The largest absolute Gasteiger partial charge is 0.485 e. The molecule has 1 aliphatic rings. The first-order valence-corrected chi connectivity index (χ1v) is 11.2. The van der Waals surface area contributed by atoms with Crippen LogP contribution in [0.1, 0.15) is 62.4 Å². The van der Waals surface area contributed by atoms with Gasteiger partial charge in [-0.15, -0.1) is 0 Å². The lowest BCUT2D eigenvalue weighted by Crippen LogP contribution is -2.29. The smallest absolute Gasteiger partial charge is 0.416 e. The highest BCUT2D eigenvalue weighted by Crippen LogP contribution is 2.38. The molecule has 1 aromatic carbocycles. The van der Waals surface area contributed by atoms with E-state index in [1.54, 1.807) is 37.6 Å². The fourth-order valence-electron chi connectivity index (χ4n) is 4.20. The van der Waals surface area contributed by atoms with Gasteiger partial charge in [0, 0.05) is 19.3 Å². The minimum atomic E-state index is -4.47. The molecule has 1 saturated carbocycles. The van der Waals surface area contributed by atoms with Gasteiger partial charge in [0.05, 0.1) is 23.1 Å². The summed E-state index contributed by atoms with van der Waals surface area (Å²) in [4.78, 5) is 26.2. The van der Waals surface area contributed by atoms with E-state index >= 15 is 0 Å². The topological polar surface area (TPSA) is 78.2 Å². The third kappa shape index (κ3) is 4.28. The van der Waals surface area contributed by atoms with Gasteiger partial charge in [-0.25, -0.2) is 4.68 Å². The number of aromatic nitrogens is 3. The van der Waals surface area contributed by atoms with Gasteiger partial charge >= 0.3 is 6.18 Å². The molecule has 1 N–H and O–H groups in total. The number of alkyl halides is 3. The van der Waals surface area contributed by atoms with E-state index in [9.17, 15) is 22.8 Å². The monoisotopic (exact) mass is 476 g/mol. The Kier molecular flexibility index (Phi) is 5.95. The minimum Gasteiger partial charge on any atom is -0.485 e. The molecule has 182 valence electrons. The van der Waals surface area contributed by atoms with Crippen LogP contribution in [0.15, 0.2) is 34.0 Å². The molecule has 1 fully saturated rings. The molecule has 1 atom stereocenters. The fraction of sp³-hybridized carbons (Fsp3) is 0.458. The van der Waals surface area contributed by atoms with Gasteiger partial charge in [-0.1, -0.05) is 12.1 Å². The third-order valence-electron chi connectivity index (χ3n) is 6.00. The maximum absolute atomic E-state index is 13.4. The number of fused-ring (bicyclic) bond motifs is 1. The predicted molar refractivity (Wildman–Crippen MR) is 123 cm³/mol. The second-order valence-corrected chi connectivity index (χ2v) is 9.02. The van der Waals surface area contributed by atoms with Crippen molar-refractivity contribution >= 4 is 16.6 Å². The Labute approximate surface area is 194 Å². The standard InChI is InChI=1S/C24H27F3N4O3/c1-12(2)34-20-19-17(11-31(23(20)33)15-9-10-15)21(29-30(5)22(19)32)28-14(4)16-7-6-8-18(13(16)3)24(25,26)27/h6-8,11-12,14-15H,9-10H2,1-5H3,(H,28,29)/t14-/m1/s1. The van der Waals surface area contributed by atoms with E-state index in [2.05, 4.69) is 10.4 Å². The highest BCUT2D eigenvalue weighted by Gasteiger charge is 2.34. The first-order valence-electron chi connectivity index (χ1n) is 11.2. The highest BCUT2D eigenvalue weighted by atomic mass is 19.4. The third-order valence-corrected chi connectivity index (χ3v) is 6.00. The maximum atomic E-state index is 13.4. The molecule has 1 aliphatic carbocycles. The number of halogens is 3. The number of nitrogens with one attached hydrogen (secondary N) is 1. The van der Waals surface area contributed by atoms with Crippen molar-refractivity contribution in [2.24, 2.45) is 7.05 Å². The molecule has 0 saturated heterocycles. The molecule has 7 nitrogen and oxygen atoms in total. The van der Waals surface area contributed by atoms with E-state index in [0.717, 1.165) is 23.6 Å². The Morgan fingerprint density at radius 3 is 2.41 bits per heavy atom. The van der Waals surface area contributed by atoms with Gasteiger partial charge in [-0.3, -0.25) is 9.59 Å². The zero-order valence-corrected chi connectivity index (χ0v) is 19.7. The van der Waals surface area contributed by atoms with Crippen molar-refractivity contribution in [3.63, 3.8) is 0 Å². The molecule has 0 aliphatic heterocycles. The first-order chi connectivity index (χ1) is 15.9. The van der Waals surface area contributed by atoms with Crippen LogP contribution >= 0.6 is 0 Å². The lowest BCUT2D eigenvalue weighted by molar-refractivity contribution is -0.138. The number of pyridine rings is 1. The maximum Gasteiger partial charge on any atom is 0.416 e. The number of ether oxygens (including phenoxy) is 1. The predicted octanol–water partition coefficient (Wildman–Crippen LogP) is 4.72. The molecule has 0 unspecified atom stereocenters. The van der Waals surface area contributed by atoms with Gasteiger partial charge in [0.2, 0.25) is 0 Å². The minimum absolute atomic E-state index is 0.0199. The number of hydrogen-bond donors (Lipinski definition) is 1. The lowest BCUT2D eigenvalue weighted by atomic mass is 9.97. The van der Waals surface area contributed by atoms with Gasteiger partial charge in [0.25, 0.3) is 11.1 Å². The van der Waals surface area contributed by atoms with E-state index in [-0.39, 0.29) is 40.2 Å². The summed E-state index contributed by atoms with van der Waals surface area (Å²) in [6, 6.07) is 3.50. The summed E-state index contributed by atoms with van der Waals surface area (Å²) in [5.41, 5.74) is -0.998. The molecule has 3 aromatic rings. The molecule has 2 heterocycles.